The van der Waals surface area contributed by atoms with Crippen LogP contribution in [0.25, 0.3) is 22.1 Å². The molecular weight excluding hydrogens is 328 g/mol. The predicted octanol–water partition coefficient (Wildman–Crippen LogP) is 3.01. The number of anilines is 2. The minimum Gasteiger partial charge on any atom is -0.383 e. The molecule has 0 amide bonds. The number of hydrogen-bond donors (Lipinski definition) is 2. The Bertz CT molecular complexity index is 1060. The van der Waals surface area contributed by atoms with Gasteiger partial charge < -0.3 is 20.2 Å². The molecule has 4 rings (SSSR count). The summed E-state index contributed by atoms with van der Waals surface area (Å²) in [6.07, 6.45) is 7.15. The minimum atomic E-state index is 0.166. The lowest BCUT2D eigenvalue weighted by atomic mass is 10.3. The molecule has 26 heavy (non-hydrogen) atoms. The molecule has 0 radical (unpaired) electrons. The van der Waals surface area contributed by atoms with Crippen molar-refractivity contribution in [2.45, 2.75) is 32.9 Å². The van der Waals surface area contributed by atoms with Crippen molar-refractivity contribution in [3.05, 3.63) is 37.2 Å². The van der Waals surface area contributed by atoms with Crippen molar-refractivity contribution in [1.82, 2.24) is 29.1 Å². The Balaban J connectivity index is 1.59. The van der Waals surface area contributed by atoms with Gasteiger partial charge in [0.1, 0.15) is 35.6 Å². The summed E-state index contributed by atoms with van der Waals surface area (Å²) >= 11 is 0. The highest BCUT2D eigenvalue weighted by Crippen LogP contribution is 2.25. The fourth-order valence-electron chi connectivity index (χ4n) is 3.22. The number of nitrogen functional groups attached to an aromatic ring is 1. The quantitative estimate of drug-likeness (QED) is 0.574. The van der Waals surface area contributed by atoms with Crippen molar-refractivity contribution in [2.75, 3.05) is 17.6 Å². The Kier molecular flexibility index (Phi) is 3.95. The smallest absolute Gasteiger partial charge is 0.145 e. The number of nitrogens with zero attached hydrogens (tertiary/aromatic N) is 6. The van der Waals surface area contributed by atoms with Crippen LogP contribution in [0, 0.1) is 0 Å². The van der Waals surface area contributed by atoms with Crippen LogP contribution < -0.4 is 11.1 Å². The first-order chi connectivity index (χ1) is 12.6. The van der Waals surface area contributed by atoms with Crippen LogP contribution in [-0.2, 0) is 0 Å². The Morgan fingerprint density at radius 1 is 0.923 bits per heavy atom. The first-order valence-electron chi connectivity index (χ1n) is 8.68. The molecule has 8 heteroatoms. The van der Waals surface area contributed by atoms with Crippen molar-refractivity contribution < 1.29 is 0 Å². The van der Waals surface area contributed by atoms with E-state index in [1.807, 2.05) is 12.3 Å². The molecule has 1 unspecified atom stereocenters. The molecule has 0 fully saturated rings. The second kappa shape index (κ2) is 6.29. The van der Waals surface area contributed by atoms with Crippen molar-refractivity contribution >= 4 is 33.7 Å². The predicted molar refractivity (Wildman–Crippen MR) is 103 cm³/mol. The molecule has 4 heterocycles. The highest BCUT2D eigenvalue weighted by Gasteiger charge is 2.14. The molecule has 8 nitrogen and oxygen atoms in total. The maximum Gasteiger partial charge on any atom is 0.145 e. The van der Waals surface area contributed by atoms with Gasteiger partial charge in [0.25, 0.3) is 0 Å². The second-order valence-electron chi connectivity index (χ2n) is 6.73. The van der Waals surface area contributed by atoms with Crippen LogP contribution in [0.3, 0.4) is 0 Å². The van der Waals surface area contributed by atoms with E-state index in [0.717, 1.165) is 27.9 Å². The van der Waals surface area contributed by atoms with Gasteiger partial charge in [-0.15, -0.1) is 0 Å². The molecule has 0 saturated heterocycles. The zero-order valence-electron chi connectivity index (χ0n) is 15.1. The first-order valence-corrected chi connectivity index (χ1v) is 8.68. The van der Waals surface area contributed by atoms with E-state index in [1.165, 1.54) is 6.33 Å². The van der Waals surface area contributed by atoms with Gasteiger partial charge in [0, 0.05) is 31.0 Å². The first kappa shape index (κ1) is 16.3. The maximum absolute atomic E-state index is 5.92. The number of aromatic nitrogens is 6. The molecule has 0 bridgehead atoms. The van der Waals surface area contributed by atoms with Gasteiger partial charge >= 0.3 is 0 Å². The van der Waals surface area contributed by atoms with E-state index in [2.05, 4.69) is 67.4 Å². The Morgan fingerprint density at radius 2 is 1.58 bits per heavy atom. The SMILES string of the molecule is CC(C)n1ccc2c(NCC(C)n3ccc4c(N)ncnc43)ncnc21. The van der Waals surface area contributed by atoms with Crippen LogP contribution in [0.1, 0.15) is 32.9 Å². The van der Waals surface area contributed by atoms with Crippen LogP contribution in [0.15, 0.2) is 37.2 Å². The summed E-state index contributed by atoms with van der Waals surface area (Å²) < 4.78 is 4.24. The van der Waals surface area contributed by atoms with Crippen LogP contribution in [-0.4, -0.2) is 35.6 Å². The van der Waals surface area contributed by atoms with Crippen LogP contribution in [0.5, 0.6) is 0 Å². The van der Waals surface area contributed by atoms with Crippen molar-refractivity contribution in [2.24, 2.45) is 0 Å². The summed E-state index contributed by atoms with van der Waals surface area (Å²) in [5, 5.41) is 5.35. The van der Waals surface area contributed by atoms with Crippen LogP contribution in [0.2, 0.25) is 0 Å². The molecule has 0 spiro atoms. The van der Waals surface area contributed by atoms with Crippen molar-refractivity contribution in [3.8, 4) is 0 Å². The van der Waals surface area contributed by atoms with Gasteiger partial charge in [-0.2, -0.15) is 0 Å². The maximum atomic E-state index is 5.92. The molecular formula is C18H22N8. The standard InChI is InChI=1S/C18H22N8/c1-11(2)25-6-5-14-16(22-10-24-18(14)25)20-8-12(3)26-7-4-13-15(19)21-9-23-17(13)26/h4-7,9-12H,8H2,1-3H3,(H2,19,21,23)(H,20,22,24). The molecule has 0 aromatic carbocycles. The van der Waals surface area contributed by atoms with E-state index in [0.29, 0.717) is 18.4 Å². The van der Waals surface area contributed by atoms with E-state index >= 15 is 0 Å². The van der Waals surface area contributed by atoms with E-state index < -0.39 is 0 Å². The monoisotopic (exact) mass is 350 g/mol. The number of nitrogens with two attached hydrogens (primary N) is 1. The Labute approximate surface area is 151 Å². The molecule has 4 aromatic rings. The topological polar surface area (TPSA) is 99.5 Å². The lowest BCUT2D eigenvalue weighted by Crippen LogP contribution is -2.16. The third-order valence-electron chi connectivity index (χ3n) is 4.65. The Morgan fingerprint density at radius 3 is 2.35 bits per heavy atom. The van der Waals surface area contributed by atoms with Gasteiger partial charge in [0.15, 0.2) is 0 Å². The van der Waals surface area contributed by atoms with Gasteiger partial charge in [-0.05, 0) is 32.9 Å². The summed E-state index contributed by atoms with van der Waals surface area (Å²) in [7, 11) is 0. The van der Waals surface area contributed by atoms with E-state index in [4.69, 9.17) is 5.73 Å². The van der Waals surface area contributed by atoms with Crippen molar-refractivity contribution in [1.29, 1.82) is 0 Å². The second-order valence-corrected chi connectivity index (χ2v) is 6.73. The lowest BCUT2D eigenvalue weighted by Gasteiger charge is -2.16. The summed E-state index contributed by atoms with van der Waals surface area (Å²) in [5.41, 5.74) is 7.70. The summed E-state index contributed by atoms with van der Waals surface area (Å²) in [6, 6.07) is 4.53. The van der Waals surface area contributed by atoms with Crippen LogP contribution >= 0.6 is 0 Å². The fourth-order valence-corrected chi connectivity index (χ4v) is 3.22. The molecule has 0 aliphatic carbocycles. The van der Waals surface area contributed by atoms with Gasteiger partial charge in [-0.1, -0.05) is 0 Å². The average molecular weight is 350 g/mol. The largest absolute Gasteiger partial charge is 0.383 e. The number of nitrogens with one attached hydrogen (secondary N) is 1. The Hall–Kier alpha value is -3.16. The zero-order valence-corrected chi connectivity index (χ0v) is 15.1. The molecule has 3 N–H and O–H groups in total. The van der Waals surface area contributed by atoms with Gasteiger partial charge in [0.2, 0.25) is 0 Å². The highest BCUT2D eigenvalue weighted by atomic mass is 15.1. The molecule has 0 aliphatic rings. The van der Waals surface area contributed by atoms with Crippen LogP contribution in [0.4, 0.5) is 11.6 Å². The van der Waals surface area contributed by atoms with Gasteiger partial charge in [-0.25, -0.2) is 19.9 Å². The highest BCUT2D eigenvalue weighted by molar-refractivity contribution is 5.87. The average Bonchev–Trinajstić information content (AvgIpc) is 3.24. The number of fused-ring (bicyclic) bond motifs is 2. The molecule has 134 valence electrons. The molecule has 4 aromatic heterocycles. The summed E-state index contributed by atoms with van der Waals surface area (Å²) in [4.78, 5) is 17.3. The van der Waals surface area contributed by atoms with Crippen molar-refractivity contribution in [3.63, 3.8) is 0 Å². The minimum absolute atomic E-state index is 0.166. The molecule has 0 aliphatic heterocycles. The fraction of sp³-hybridized carbons (Fsp3) is 0.333. The van der Waals surface area contributed by atoms with Gasteiger partial charge in [0.05, 0.1) is 10.8 Å². The van der Waals surface area contributed by atoms with E-state index in [9.17, 15) is 0 Å². The molecule has 0 saturated carbocycles. The van der Waals surface area contributed by atoms with Gasteiger partial charge in [-0.3, -0.25) is 0 Å². The van der Waals surface area contributed by atoms with E-state index in [1.54, 1.807) is 6.33 Å². The summed E-state index contributed by atoms with van der Waals surface area (Å²) in [6.45, 7) is 7.11. The third kappa shape index (κ3) is 2.63. The molecule has 1 atom stereocenters. The number of rotatable bonds is 5. The normalized spacial score (nSPS) is 12.9. The van der Waals surface area contributed by atoms with E-state index in [-0.39, 0.29) is 6.04 Å². The zero-order chi connectivity index (χ0) is 18.3. The summed E-state index contributed by atoms with van der Waals surface area (Å²) in [5.74, 6) is 1.34. The third-order valence-corrected chi connectivity index (χ3v) is 4.65. The lowest BCUT2D eigenvalue weighted by molar-refractivity contribution is 0.588. The number of hydrogen-bond acceptors (Lipinski definition) is 6.